The molecule has 0 aliphatic heterocycles. The Morgan fingerprint density at radius 1 is 0.775 bits per heavy atom. The second-order valence-corrected chi connectivity index (χ2v) is 11.1. The van der Waals surface area contributed by atoms with E-state index in [1.807, 2.05) is 54.6 Å². The van der Waals surface area contributed by atoms with Crippen LogP contribution in [0.3, 0.4) is 0 Å². The molecule has 4 aromatic carbocycles. The van der Waals surface area contributed by atoms with E-state index >= 15 is 0 Å². The van der Waals surface area contributed by atoms with Crippen molar-refractivity contribution in [2.75, 3.05) is 29.4 Å². The summed E-state index contributed by atoms with van der Waals surface area (Å²) in [4.78, 5) is 15.8. The van der Waals surface area contributed by atoms with Crippen molar-refractivity contribution in [3.63, 3.8) is 0 Å². The second kappa shape index (κ2) is 13.2. The highest BCUT2D eigenvalue weighted by atomic mass is 32.2. The number of methoxy groups -OCH3 is 1. The van der Waals surface area contributed by atoms with Gasteiger partial charge >= 0.3 is 0 Å². The highest BCUT2D eigenvalue weighted by molar-refractivity contribution is 7.92. The Kier molecular flexibility index (Phi) is 9.45. The number of para-hydroxylation sites is 1. The Morgan fingerprint density at radius 2 is 1.40 bits per heavy atom. The van der Waals surface area contributed by atoms with Gasteiger partial charge in [-0.05, 0) is 73.5 Å². The van der Waals surface area contributed by atoms with Gasteiger partial charge in [0.15, 0.2) is 0 Å². The molecule has 0 aliphatic carbocycles. The van der Waals surface area contributed by atoms with Crippen molar-refractivity contribution in [1.82, 2.24) is 5.32 Å². The first-order valence-electron chi connectivity index (χ1n) is 13.3. The number of carbonyl (C=O) groups is 1. The molecule has 0 aromatic heterocycles. The minimum absolute atomic E-state index is 0.0618. The summed E-state index contributed by atoms with van der Waals surface area (Å²) in [6, 6.07) is 30.4. The first-order valence-corrected chi connectivity index (χ1v) is 14.7. The predicted octanol–water partition coefficient (Wildman–Crippen LogP) is 5.87. The van der Waals surface area contributed by atoms with Gasteiger partial charge in [0.2, 0.25) is 0 Å². The first kappa shape index (κ1) is 28.7. The molecule has 40 heavy (non-hydrogen) atoms. The molecule has 7 nitrogen and oxygen atoms in total. The highest BCUT2D eigenvalue weighted by Crippen LogP contribution is 2.30. The fourth-order valence-electron chi connectivity index (χ4n) is 4.50. The predicted molar refractivity (Wildman–Crippen MR) is 160 cm³/mol. The van der Waals surface area contributed by atoms with E-state index in [9.17, 15) is 13.2 Å². The van der Waals surface area contributed by atoms with E-state index < -0.39 is 10.0 Å². The van der Waals surface area contributed by atoms with Crippen molar-refractivity contribution in [3.05, 3.63) is 120 Å². The van der Waals surface area contributed by atoms with Crippen LogP contribution < -0.4 is 19.3 Å². The number of ether oxygens (including phenoxy) is 1. The summed E-state index contributed by atoms with van der Waals surface area (Å²) in [7, 11) is -2.50. The van der Waals surface area contributed by atoms with Crippen LogP contribution in [0.4, 0.5) is 11.4 Å². The number of benzene rings is 4. The van der Waals surface area contributed by atoms with Gasteiger partial charge in [0.25, 0.3) is 15.9 Å². The summed E-state index contributed by atoms with van der Waals surface area (Å²) in [6.45, 7) is 6.45. The van der Waals surface area contributed by atoms with Crippen molar-refractivity contribution in [2.45, 2.75) is 31.8 Å². The Morgan fingerprint density at radius 3 is 2.02 bits per heavy atom. The number of nitrogens with zero attached hydrogens (tertiary/aromatic N) is 2. The third-order valence-electron chi connectivity index (χ3n) is 6.75. The van der Waals surface area contributed by atoms with Crippen molar-refractivity contribution in [1.29, 1.82) is 0 Å². The van der Waals surface area contributed by atoms with E-state index in [1.54, 1.807) is 36.4 Å². The molecule has 0 aliphatic rings. The van der Waals surface area contributed by atoms with Gasteiger partial charge in [-0.25, -0.2) is 8.42 Å². The fraction of sp³-hybridized carbons (Fsp3) is 0.219. The molecule has 0 bridgehead atoms. The maximum absolute atomic E-state index is 14.0. The van der Waals surface area contributed by atoms with Crippen LogP contribution in [0.2, 0.25) is 0 Å². The Hall–Kier alpha value is -4.30. The third-order valence-corrected chi connectivity index (χ3v) is 8.53. The summed E-state index contributed by atoms with van der Waals surface area (Å²) >= 11 is 0. The van der Waals surface area contributed by atoms with Gasteiger partial charge in [0, 0.05) is 25.3 Å². The molecule has 0 saturated carbocycles. The fourth-order valence-corrected chi connectivity index (χ4v) is 5.97. The van der Waals surface area contributed by atoms with Crippen LogP contribution in [0, 0.1) is 0 Å². The molecule has 0 saturated heterocycles. The summed E-state index contributed by atoms with van der Waals surface area (Å²) in [6.07, 6.45) is 0. The average molecular weight is 558 g/mol. The number of carbonyl (C=O) groups excluding carboxylic acids is 1. The minimum atomic E-state index is -4.03. The zero-order valence-corrected chi connectivity index (χ0v) is 23.9. The van der Waals surface area contributed by atoms with E-state index in [1.165, 1.54) is 23.5 Å². The lowest BCUT2D eigenvalue weighted by Gasteiger charge is -2.27. The highest BCUT2D eigenvalue weighted by Gasteiger charge is 2.28. The Bertz CT molecular complexity index is 1500. The van der Waals surface area contributed by atoms with Gasteiger partial charge in [-0.15, -0.1) is 0 Å². The molecule has 1 amide bonds. The van der Waals surface area contributed by atoms with Crippen LogP contribution in [0.1, 0.15) is 35.3 Å². The van der Waals surface area contributed by atoms with Gasteiger partial charge in [-0.2, -0.15) is 0 Å². The lowest BCUT2D eigenvalue weighted by molar-refractivity contribution is 0.0951. The Balaban J connectivity index is 1.64. The maximum Gasteiger partial charge on any atom is 0.264 e. The number of hydrogen-bond acceptors (Lipinski definition) is 5. The smallest absolute Gasteiger partial charge is 0.264 e. The number of amides is 1. The number of sulfonamides is 1. The molecule has 0 radical (unpaired) electrons. The second-order valence-electron chi connectivity index (χ2n) is 9.21. The van der Waals surface area contributed by atoms with Gasteiger partial charge in [0.05, 0.1) is 29.8 Å². The van der Waals surface area contributed by atoms with E-state index in [2.05, 4.69) is 24.1 Å². The van der Waals surface area contributed by atoms with Crippen LogP contribution >= 0.6 is 0 Å². The van der Waals surface area contributed by atoms with Crippen molar-refractivity contribution in [2.24, 2.45) is 0 Å². The standard InChI is InChI=1S/C32H35N3O4S/c1-4-34(5-2)27-17-15-25(16-18-27)23-33-32(36)30-13-9-10-14-31(30)35(24-26-11-7-6-8-12-26)40(37,38)29-21-19-28(39-3)20-22-29/h6-22H,4-5,23-24H2,1-3H3,(H,33,36). The number of rotatable bonds is 12. The van der Waals surface area contributed by atoms with Crippen LogP contribution in [-0.2, 0) is 23.1 Å². The summed E-state index contributed by atoms with van der Waals surface area (Å²) in [5.41, 5.74) is 3.45. The lowest BCUT2D eigenvalue weighted by Crippen LogP contribution is -2.33. The van der Waals surface area contributed by atoms with Crippen LogP contribution in [-0.4, -0.2) is 34.5 Å². The maximum atomic E-state index is 14.0. The van der Waals surface area contributed by atoms with Crippen LogP contribution in [0.25, 0.3) is 0 Å². The lowest BCUT2D eigenvalue weighted by atomic mass is 10.1. The Labute approximate surface area is 237 Å². The molecule has 4 aromatic rings. The molecule has 0 spiro atoms. The SMILES string of the molecule is CCN(CC)c1ccc(CNC(=O)c2ccccc2N(Cc2ccccc2)S(=O)(=O)c2ccc(OC)cc2)cc1. The van der Waals surface area contributed by atoms with Crippen molar-refractivity contribution >= 4 is 27.3 Å². The molecule has 0 heterocycles. The summed E-state index contributed by atoms with van der Waals surface area (Å²) in [5, 5.41) is 2.97. The topological polar surface area (TPSA) is 79.0 Å². The average Bonchev–Trinajstić information content (AvgIpc) is 3.00. The normalized spacial score (nSPS) is 11.1. The van der Waals surface area contributed by atoms with Gasteiger partial charge in [-0.3, -0.25) is 9.10 Å². The molecular formula is C32H35N3O4S. The summed E-state index contributed by atoms with van der Waals surface area (Å²) in [5.74, 6) is 0.199. The zero-order valence-electron chi connectivity index (χ0n) is 23.1. The monoisotopic (exact) mass is 557 g/mol. The molecule has 0 atom stereocenters. The van der Waals surface area contributed by atoms with Gasteiger partial charge < -0.3 is 15.0 Å². The largest absolute Gasteiger partial charge is 0.497 e. The molecular weight excluding hydrogens is 522 g/mol. The molecule has 1 N–H and O–H groups in total. The van der Waals surface area contributed by atoms with Crippen molar-refractivity contribution in [3.8, 4) is 5.75 Å². The van der Waals surface area contributed by atoms with E-state index in [0.717, 1.165) is 29.9 Å². The quantitative estimate of drug-likeness (QED) is 0.236. The van der Waals surface area contributed by atoms with Gasteiger partial charge in [0.1, 0.15) is 5.75 Å². The summed E-state index contributed by atoms with van der Waals surface area (Å²) < 4.78 is 34.4. The zero-order chi connectivity index (χ0) is 28.5. The molecule has 8 heteroatoms. The number of anilines is 2. The molecule has 208 valence electrons. The number of hydrogen-bond donors (Lipinski definition) is 1. The molecule has 0 fully saturated rings. The molecule has 0 unspecified atom stereocenters. The van der Waals surface area contributed by atoms with E-state index in [0.29, 0.717) is 18.0 Å². The third kappa shape index (κ3) is 6.63. The number of nitrogens with one attached hydrogen (secondary N) is 1. The first-order chi connectivity index (χ1) is 19.4. The van der Waals surface area contributed by atoms with E-state index in [-0.39, 0.29) is 22.9 Å². The van der Waals surface area contributed by atoms with Gasteiger partial charge in [-0.1, -0.05) is 54.6 Å². The van der Waals surface area contributed by atoms with Crippen molar-refractivity contribution < 1.29 is 17.9 Å². The van der Waals surface area contributed by atoms with Crippen LogP contribution in [0.5, 0.6) is 5.75 Å². The van der Waals surface area contributed by atoms with Crippen LogP contribution in [0.15, 0.2) is 108 Å². The minimum Gasteiger partial charge on any atom is -0.497 e. The van der Waals surface area contributed by atoms with E-state index in [4.69, 9.17) is 4.74 Å². The molecule has 4 rings (SSSR count).